The Morgan fingerprint density at radius 2 is 1.75 bits per heavy atom. The Bertz CT molecular complexity index is 765. The molecule has 1 aromatic rings. The van der Waals surface area contributed by atoms with Crippen LogP contribution in [0.15, 0.2) is 24.3 Å². The summed E-state index contributed by atoms with van der Waals surface area (Å²) in [7, 11) is 0. The molecule has 6 nitrogen and oxygen atoms in total. The lowest BCUT2D eigenvalue weighted by Gasteiger charge is -2.36. The largest absolute Gasteiger partial charge is 0.444 e. The molecule has 0 bridgehead atoms. The molecule has 1 saturated heterocycles. The van der Waals surface area contributed by atoms with E-state index in [9.17, 15) is 14.4 Å². The predicted octanol–water partition coefficient (Wildman–Crippen LogP) is 4.15. The molecular weight excluding hydrogens is 376 g/mol. The molecule has 1 aromatic carbocycles. The summed E-state index contributed by atoms with van der Waals surface area (Å²) in [5.74, 6) is 0.352. The number of carbonyl (C=O) groups is 3. The van der Waals surface area contributed by atoms with Crippen LogP contribution in [0.25, 0.3) is 0 Å². The molecule has 28 heavy (non-hydrogen) atoms. The number of rotatable bonds is 4. The van der Waals surface area contributed by atoms with E-state index in [0.717, 1.165) is 5.75 Å². The van der Waals surface area contributed by atoms with Gasteiger partial charge in [0.2, 0.25) is 0 Å². The lowest BCUT2D eigenvalue weighted by atomic mass is 10.1. The summed E-state index contributed by atoms with van der Waals surface area (Å²) in [6, 6.07) is 6.94. The molecular formula is C21H28N2O4S. The van der Waals surface area contributed by atoms with E-state index in [1.807, 2.05) is 39.5 Å². The van der Waals surface area contributed by atoms with Gasteiger partial charge in [0.25, 0.3) is 11.8 Å². The highest BCUT2D eigenvalue weighted by Crippen LogP contribution is 2.41. The topological polar surface area (TPSA) is 66.9 Å². The second-order valence-corrected chi connectivity index (χ2v) is 10.3. The minimum absolute atomic E-state index is 0.0185. The van der Waals surface area contributed by atoms with Gasteiger partial charge >= 0.3 is 6.09 Å². The van der Waals surface area contributed by atoms with Crippen LogP contribution < -0.4 is 0 Å². The van der Waals surface area contributed by atoms with E-state index in [1.54, 1.807) is 36.0 Å². The fraction of sp³-hybridized carbons (Fsp3) is 0.571. The number of ether oxygens (including phenoxy) is 1. The Labute approximate surface area is 170 Å². The van der Waals surface area contributed by atoms with Gasteiger partial charge in [0, 0.05) is 18.3 Å². The smallest absolute Gasteiger partial charge is 0.411 e. The van der Waals surface area contributed by atoms with E-state index in [4.69, 9.17) is 4.74 Å². The van der Waals surface area contributed by atoms with E-state index in [-0.39, 0.29) is 28.8 Å². The molecule has 0 saturated carbocycles. The number of fused-ring (bicyclic) bond motifs is 1. The second-order valence-electron chi connectivity index (χ2n) is 8.71. The van der Waals surface area contributed by atoms with Gasteiger partial charge in [0.15, 0.2) is 0 Å². The SMILES string of the molecule is CC(C)(C)OC(=O)N1C(CCCN2C(=O)c3ccccc3C2=O)CSC1(C)C. The lowest BCUT2D eigenvalue weighted by molar-refractivity contribution is 0.00849. The summed E-state index contributed by atoms with van der Waals surface area (Å²) >= 11 is 1.72. The maximum Gasteiger partial charge on any atom is 0.411 e. The Hall–Kier alpha value is -2.02. The van der Waals surface area contributed by atoms with Crippen molar-refractivity contribution in [3.63, 3.8) is 0 Å². The Kier molecular flexibility index (Phi) is 5.49. The van der Waals surface area contributed by atoms with Crippen LogP contribution in [-0.2, 0) is 4.74 Å². The first-order valence-electron chi connectivity index (χ1n) is 9.63. The monoisotopic (exact) mass is 404 g/mol. The minimum atomic E-state index is -0.550. The quantitative estimate of drug-likeness (QED) is 0.705. The molecule has 3 rings (SSSR count). The summed E-state index contributed by atoms with van der Waals surface area (Å²) in [6.45, 7) is 9.97. The summed E-state index contributed by atoms with van der Waals surface area (Å²) in [4.78, 5) is 40.5. The summed E-state index contributed by atoms with van der Waals surface area (Å²) < 4.78 is 5.60. The van der Waals surface area contributed by atoms with Crippen LogP contribution in [0.2, 0.25) is 0 Å². The number of amides is 3. The lowest BCUT2D eigenvalue weighted by Crippen LogP contribution is -2.49. The van der Waals surface area contributed by atoms with Gasteiger partial charge in [-0.2, -0.15) is 0 Å². The minimum Gasteiger partial charge on any atom is -0.444 e. The van der Waals surface area contributed by atoms with Crippen LogP contribution in [0.1, 0.15) is 68.2 Å². The average molecular weight is 405 g/mol. The number of nitrogens with zero attached hydrogens (tertiary/aromatic N) is 2. The number of imide groups is 1. The fourth-order valence-corrected chi connectivity index (χ4v) is 4.98. The normalized spacial score (nSPS) is 21.2. The Balaban J connectivity index is 1.62. The van der Waals surface area contributed by atoms with Gasteiger partial charge in [-0.25, -0.2) is 4.79 Å². The van der Waals surface area contributed by atoms with Crippen LogP contribution in [0, 0.1) is 0 Å². The molecule has 2 aliphatic heterocycles. The first-order valence-corrected chi connectivity index (χ1v) is 10.6. The maximum absolute atomic E-state index is 12.7. The van der Waals surface area contributed by atoms with Gasteiger partial charge in [-0.3, -0.25) is 19.4 Å². The standard InChI is InChI=1S/C21H28N2O4S/c1-20(2,3)27-19(26)23-14(13-28-21(23,4)5)9-8-12-22-17(24)15-10-6-7-11-16(15)18(22)25/h6-7,10-11,14H,8-9,12-13H2,1-5H3. The van der Waals surface area contributed by atoms with Crippen LogP contribution in [0.4, 0.5) is 4.79 Å². The highest BCUT2D eigenvalue weighted by Gasteiger charge is 2.45. The Morgan fingerprint density at radius 1 is 1.18 bits per heavy atom. The maximum atomic E-state index is 12.7. The number of carbonyl (C=O) groups excluding carboxylic acids is 3. The van der Waals surface area contributed by atoms with E-state index in [0.29, 0.717) is 30.5 Å². The van der Waals surface area contributed by atoms with Crippen LogP contribution >= 0.6 is 11.8 Å². The molecule has 152 valence electrons. The zero-order valence-corrected chi connectivity index (χ0v) is 18.0. The fourth-order valence-electron chi connectivity index (χ4n) is 3.70. The summed E-state index contributed by atoms with van der Waals surface area (Å²) in [5, 5.41) is 0. The van der Waals surface area contributed by atoms with Gasteiger partial charge in [-0.1, -0.05) is 12.1 Å². The molecule has 1 unspecified atom stereocenters. The van der Waals surface area contributed by atoms with E-state index >= 15 is 0 Å². The molecule has 0 spiro atoms. The van der Waals surface area contributed by atoms with Crippen molar-refractivity contribution in [1.29, 1.82) is 0 Å². The molecule has 0 N–H and O–H groups in total. The van der Waals surface area contributed by atoms with Crippen LogP contribution in [0.5, 0.6) is 0 Å². The van der Waals surface area contributed by atoms with Crippen molar-refractivity contribution in [2.75, 3.05) is 12.3 Å². The van der Waals surface area contributed by atoms with Crippen molar-refractivity contribution >= 4 is 29.7 Å². The van der Waals surface area contributed by atoms with Crippen molar-refractivity contribution in [2.24, 2.45) is 0 Å². The van der Waals surface area contributed by atoms with Crippen molar-refractivity contribution < 1.29 is 19.1 Å². The summed E-state index contributed by atoms with van der Waals surface area (Å²) in [6.07, 6.45) is 1.04. The Morgan fingerprint density at radius 3 is 2.29 bits per heavy atom. The van der Waals surface area contributed by atoms with Gasteiger partial charge in [-0.15, -0.1) is 11.8 Å². The number of hydrogen-bond acceptors (Lipinski definition) is 5. The van der Waals surface area contributed by atoms with Gasteiger partial charge < -0.3 is 4.74 Å². The first kappa shape index (κ1) is 20.7. The summed E-state index contributed by atoms with van der Waals surface area (Å²) in [5.41, 5.74) is 0.395. The highest BCUT2D eigenvalue weighted by molar-refractivity contribution is 8.00. The molecule has 2 heterocycles. The van der Waals surface area contributed by atoms with Crippen molar-refractivity contribution in [1.82, 2.24) is 9.80 Å². The van der Waals surface area contributed by atoms with Crippen LogP contribution in [0.3, 0.4) is 0 Å². The highest BCUT2D eigenvalue weighted by atomic mass is 32.2. The average Bonchev–Trinajstić information content (AvgIpc) is 3.02. The predicted molar refractivity (Wildman–Crippen MR) is 109 cm³/mol. The second kappa shape index (κ2) is 7.43. The third kappa shape index (κ3) is 4.04. The van der Waals surface area contributed by atoms with E-state index in [2.05, 4.69) is 0 Å². The molecule has 0 radical (unpaired) electrons. The van der Waals surface area contributed by atoms with Crippen molar-refractivity contribution in [3.8, 4) is 0 Å². The van der Waals surface area contributed by atoms with Gasteiger partial charge in [-0.05, 0) is 59.6 Å². The molecule has 0 aromatic heterocycles. The zero-order valence-electron chi connectivity index (χ0n) is 17.2. The van der Waals surface area contributed by atoms with E-state index in [1.165, 1.54) is 4.90 Å². The third-order valence-corrected chi connectivity index (χ3v) is 6.42. The van der Waals surface area contributed by atoms with Gasteiger partial charge in [0.05, 0.1) is 16.0 Å². The van der Waals surface area contributed by atoms with Gasteiger partial charge in [0.1, 0.15) is 5.60 Å². The number of benzene rings is 1. The molecule has 1 atom stereocenters. The first-order chi connectivity index (χ1) is 13.0. The molecule has 2 aliphatic rings. The zero-order chi connectivity index (χ0) is 20.7. The molecule has 1 fully saturated rings. The number of hydrogen-bond donors (Lipinski definition) is 0. The van der Waals surface area contributed by atoms with Crippen molar-refractivity contribution in [2.45, 2.75) is 64.0 Å². The molecule has 7 heteroatoms. The third-order valence-electron chi connectivity index (χ3n) is 4.96. The van der Waals surface area contributed by atoms with Crippen LogP contribution in [-0.4, -0.2) is 56.5 Å². The molecule has 0 aliphatic carbocycles. The molecule has 3 amide bonds. The van der Waals surface area contributed by atoms with Crippen molar-refractivity contribution in [3.05, 3.63) is 35.4 Å². The number of thioether (sulfide) groups is 1. The van der Waals surface area contributed by atoms with E-state index < -0.39 is 5.60 Å².